The molecule has 0 N–H and O–H groups in total. The number of carbonyl (C=O) groups excluding carboxylic acids is 1. The van der Waals surface area contributed by atoms with Crippen molar-refractivity contribution in [1.29, 1.82) is 5.26 Å². The van der Waals surface area contributed by atoms with Crippen molar-refractivity contribution in [3.63, 3.8) is 0 Å². The second-order valence-electron chi connectivity index (χ2n) is 8.15. The first-order valence-corrected chi connectivity index (χ1v) is 10.1. The number of hydrogen-bond acceptors (Lipinski definition) is 5. The Labute approximate surface area is 182 Å². The molecular formula is C24H21F3N2O3. The first-order valence-electron chi connectivity index (χ1n) is 10.1. The fourth-order valence-corrected chi connectivity index (χ4v) is 4.45. The maximum Gasteiger partial charge on any atom is 0.416 e. The molecule has 1 saturated carbocycles. The number of furan rings is 1. The molecule has 2 aromatic carbocycles. The number of methoxy groups -OCH3 is 1. The van der Waals surface area contributed by atoms with Gasteiger partial charge in [-0.3, -0.25) is 4.79 Å². The minimum Gasteiger partial charge on any atom is -0.493 e. The topological polar surface area (TPSA) is 66.5 Å². The van der Waals surface area contributed by atoms with Gasteiger partial charge in [0.2, 0.25) is 0 Å². The van der Waals surface area contributed by atoms with Crippen molar-refractivity contribution >= 4 is 27.7 Å². The third kappa shape index (κ3) is 3.29. The molecule has 0 amide bonds. The lowest BCUT2D eigenvalue weighted by Gasteiger charge is -2.32. The Bertz CT molecular complexity index is 1300. The maximum atomic E-state index is 13.5. The molecular weight excluding hydrogens is 421 g/mol. The summed E-state index contributed by atoms with van der Waals surface area (Å²) in [5, 5.41) is 10.7. The number of nitrogens with zero attached hydrogens (tertiary/aromatic N) is 2. The molecule has 3 aromatic rings. The van der Waals surface area contributed by atoms with Crippen LogP contribution in [0.4, 0.5) is 13.2 Å². The summed E-state index contributed by atoms with van der Waals surface area (Å²) in [6.45, 7) is 0. The van der Waals surface area contributed by atoms with Crippen LogP contribution in [0.5, 0.6) is 5.75 Å². The highest BCUT2D eigenvalue weighted by molar-refractivity contribution is 6.14. The molecule has 0 bridgehead atoms. The predicted molar refractivity (Wildman–Crippen MR) is 113 cm³/mol. The van der Waals surface area contributed by atoms with Crippen LogP contribution in [0.2, 0.25) is 0 Å². The number of benzene rings is 2. The van der Waals surface area contributed by atoms with E-state index in [-0.39, 0.29) is 28.8 Å². The second kappa shape index (κ2) is 7.59. The first-order chi connectivity index (χ1) is 15.1. The van der Waals surface area contributed by atoms with Gasteiger partial charge in [-0.2, -0.15) is 18.4 Å². The normalized spacial score (nSPS) is 20.7. The van der Waals surface area contributed by atoms with E-state index in [4.69, 9.17) is 9.15 Å². The summed E-state index contributed by atoms with van der Waals surface area (Å²) < 4.78 is 51.5. The van der Waals surface area contributed by atoms with Crippen molar-refractivity contribution < 1.29 is 27.1 Å². The molecule has 1 unspecified atom stereocenters. The number of alkyl halides is 3. The average Bonchev–Trinajstić information content (AvgIpc) is 3.13. The summed E-state index contributed by atoms with van der Waals surface area (Å²) in [7, 11) is 5.00. The van der Waals surface area contributed by atoms with Crippen molar-refractivity contribution in [3.05, 3.63) is 53.2 Å². The Kier molecular flexibility index (Phi) is 5.16. The number of nitriles is 1. The standard InChI is InChI=1S/C24H21F3N2O3/c1-29(2)12-14-5-4-10-23(13-28,22(14)30)17-7-9-19(31-3)21-20(17)16-11-15(24(25,26)27)6-8-18(16)32-21/h6-9,11-12H,4-5,10H2,1-3H3/b14-12-. The van der Waals surface area contributed by atoms with E-state index in [2.05, 4.69) is 6.07 Å². The van der Waals surface area contributed by atoms with Gasteiger partial charge < -0.3 is 14.1 Å². The number of hydrogen-bond donors (Lipinski definition) is 0. The summed E-state index contributed by atoms with van der Waals surface area (Å²) in [6.07, 6.45) is -1.46. The number of allylic oxidation sites excluding steroid dienone is 1. The third-order valence-electron chi connectivity index (χ3n) is 5.87. The van der Waals surface area contributed by atoms with E-state index in [9.17, 15) is 23.2 Å². The fraction of sp³-hybridized carbons (Fsp3) is 0.333. The maximum absolute atomic E-state index is 13.5. The molecule has 8 heteroatoms. The van der Waals surface area contributed by atoms with Gasteiger partial charge in [0.1, 0.15) is 11.0 Å². The third-order valence-corrected chi connectivity index (χ3v) is 5.87. The van der Waals surface area contributed by atoms with Gasteiger partial charge in [0.15, 0.2) is 17.1 Å². The summed E-state index contributed by atoms with van der Waals surface area (Å²) >= 11 is 0. The van der Waals surface area contributed by atoms with Gasteiger partial charge in [-0.05, 0) is 49.1 Å². The molecule has 0 aliphatic heterocycles. The zero-order valence-corrected chi connectivity index (χ0v) is 17.8. The molecule has 5 nitrogen and oxygen atoms in total. The van der Waals surface area contributed by atoms with Gasteiger partial charge in [0, 0.05) is 36.6 Å². The van der Waals surface area contributed by atoms with E-state index in [1.807, 2.05) is 0 Å². The van der Waals surface area contributed by atoms with Crippen molar-refractivity contribution in [3.8, 4) is 11.8 Å². The van der Waals surface area contributed by atoms with E-state index in [0.29, 0.717) is 35.1 Å². The van der Waals surface area contributed by atoms with Gasteiger partial charge >= 0.3 is 6.18 Å². The summed E-state index contributed by atoms with van der Waals surface area (Å²) in [4.78, 5) is 15.3. The number of Topliss-reactive ketones (excluding diaryl/α,β-unsaturated/α-hetero) is 1. The Morgan fingerprint density at radius 1 is 1.25 bits per heavy atom. The fourth-order valence-electron chi connectivity index (χ4n) is 4.45. The van der Waals surface area contributed by atoms with E-state index in [1.54, 1.807) is 37.3 Å². The molecule has 0 spiro atoms. The molecule has 0 saturated heterocycles. The van der Waals surface area contributed by atoms with Crippen LogP contribution in [0, 0.1) is 11.3 Å². The summed E-state index contributed by atoms with van der Waals surface area (Å²) in [5.74, 6) is -0.0262. The van der Waals surface area contributed by atoms with Gasteiger partial charge in [0.25, 0.3) is 0 Å². The highest BCUT2D eigenvalue weighted by Crippen LogP contribution is 2.47. The van der Waals surface area contributed by atoms with Crippen molar-refractivity contribution in [2.24, 2.45) is 0 Å². The molecule has 1 aliphatic rings. The number of carbonyl (C=O) groups is 1. The van der Waals surface area contributed by atoms with Gasteiger partial charge in [-0.25, -0.2) is 0 Å². The number of ketones is 1. The quantitative estimate of drug-likeness (QED) is 0.496. The van der Waals surface area contributed by atoms with Crippen molar-refractivity contribution in [2.75, 3.05) is 21.2 Å². The molecule has 1 heterocycles. The predicted octanol–water partition coefficient (Wildman–Crippen LogP) is 5.57. The van der Waals surface area contributed by atoms with Crippen LogP contribution in [0.15, 0.2) is 46.5 Å². The van der Waals surface area contributed by atoms with Crippen LogP contribution in [0.1, 0.15) is 30.4 Å². The van der Waals surface area contributed by atoms with Crippen LogP contribution < -0.4 is 4.74 Å². The summed E-state index contributed by atoms with van der Waals surface area (Å²) in [5.41, 5.74) is -1.09. The Balaban J connectivity index is 2.07. The van der Waals surface area contributed by atoms with Crippen LogP contribution in [0.3, 0.4) is 0 Å². The van der Waals surface area contributed by atoms with Gasteiger partial charge in [-0.1, -0.05) is 6.07 Å². The average molecular weight is 442 g/mol. The van der Waals surface area contributed by atoms with E-state index >= 15 is 0 Å². The minimum absolute atomic E-state index is 0.190. The molecule has 0 radical (unpaired) electrons. The van der Waals surface area contributed by atoms with E-state index < -0.39 is 17.2 Å². The Morgan fingerprint density at radius 3 is 2.62 bits per heavy atom. The monoisotopic (exact) mass is 442 g/mol. The van der Waals surface area contributed by atoms with Gasteiger partial charge in [0.05, 0.1) is 18.7 Å². The highest BCUT2D eigenvalue weighted by atomic mass is 19.4. The number of halogens is 3. The van der Waals surface area contributed by atoms with Crippen LogP contribution >= 0.6 is 0 Å². The minimum atomic E-state index is -4.55. The molecule has 1 fully saturated rings. The van der Waals surface area contributed by atoms with Crippen molar-refractivity contribution in [1.82, 2.24) is 4.90 Å². The van der Waals surface area contributed by atoms with Crippen LogP contribution in [-0.2, 0) is 16.4 Å². The van der Waals surface area contributed by atoms with Gasteiger partial charge in [-0.15, -0.1) is 0 Å². The summed E-state index contributed by atoms with van der Waals surface area (Å²) in [6, 6.07) is 8.57. The first kappa shape index (κ1) is 21.8. The van der Waals surface area contributed by atoms with Crippen molar-refractivity contribution in [2.45, 2.75) is 30.9 Å². The molecule has 32 heavy (non-hydrogen) atoms. The Hall–Kier alpha value is -3.47. The Morgan fingerprint density at radius 2 is 2.00 bits per heavy atom. The zero-order chi connectivity index (χ0) is 23.3. The lowest BCUT2D eigenvalue weighted by Crippen LogP contribution is -2.39. The lowest BCUT2D eigenvalue weighted by molar-refractivity contribution is -0.137. The number of rotatable bonds is 3. The number of ether oxygens (including phenoxy) is 1. The zero-order valence-electron chi connectivity index (χ0n) is 17.8. The van der Waals surface area contributed by atoms with E-state index in [0.717, 1.165) is 12.1 Å². The van der Waals surface area contributed by atoms with Crippen LogP contribution in [-0.4, -0.2) is 31.9 Å². The second-order valence-corrected chi connectivity index (χ2v) is 8.15. The molecule has 1 aliphatic carbocycles. The molecule has 4 rings (SSSR count). The molecule has 1 aromatic heterocycles. The smallest absolute Gasteiger partial charge is 0.416 e. The molecule has 166 valence electrons. The highest BCUT2D eigenvalue weighted by Gasteiger charge is 2.46. The lowest BCUT2D eigenvalue weighted by atomic mass is 9.67. The SMILES string of the molecule is COc1ccc(C2(C#N)CCC/C(=C/N(C)C)C2=O)c2c1oc1ccc(C(F)(F)F)cc12. The molecule has 1 atom stereocenters. The van der Waals surface area contributed by atoms with E-state index in [1.165, 1.54) is 13.2 Å². The number of fused-ring (bicyclic) bond motifs is 3. The largest absolute Gasteiger partial charge is 0.493 e. The van der Waals surface area contributed by atoms with Crippen LogP contribution in [0.25, 0.3) is 21.9 Å².